The minimum Gasteiger partial charge on any atom is -0.352 e. The molecule has 0 unspecified atom stereocenters. The van der Waals surface area contributed by atoms with Crippen LogP contribution in [0.2, 0.25) is 0 Å². The van der Waals surface area contributed by atoms with Crippen LogP contribution in [0, 0.1) is 19.8 Å². The number of benzene rings is 1. The fraction of sp³-hybridized carbons (Fsp3) is 0.667. The second-order valence-corrected chi connectivity index (χ2v) is 10.3. The molecular weight excluding hydrogens is 374 g/mol. The van der Waals surface area contributed by atoms with Crippen LogP contribution in [0.25, 0.3) is 0 Å². The summed E-state index contributed by atoms with van der Waals surface area (Å²) in [5, 5.41) is 3.18. The zero-order valence-electron chi connectivity index (χ0n) is 17.3. The average Bonchev–Trinajstić information content (AvgIpc) is 2.64. The van der Waals surface area contributed by atoms with Crippen LogP contribution in [-0.4, -0.2) is 62.3 Å². The van der Waals surface area contributed by atoms with E-state index in [1.165, 1.54) is 19.3 Å². The first-order chi connectivity index (χ1) is 13.3. The van der Waals surface area contributed by atoms with Crippen LogP contribution >= 0.6 is 0 Å². The predicted octanol–water partition coefficient (Wildman–Crippen LogP) is 2.30. The van der Waals surface area contributed by atoms with Gasteiger partial charge < -0.3 is 5.32 Å². The standard InChI is InChI=1S/C21H33N3O3S/c1-16-8-9-20(18(3)14-16)28(26,27)24-12-10-23(11-13-24)15-21(25)22-19-7-5-4-6-17(19)2/h8-9,14,17,19H,4-7,10-13,15H2,1-3H3,(H,22,25)/t17-,19-/m0/s1. The zero-order valence-corrected chi connectivity index (χ0v) is 18.1. The Morgan fingerprint density at radius 1 is 1.11 bits per heavy atom. The van der Waals surface area contributed by atoms with Crippen LogP contribution < -0.4 is 5.32 Å². The maximum absolute atomic E-state index is 13.0. The highest BCUT2D eigenvalue weighted by molar-refractivity contribution is 7.89. The van der Waals surface area contributed by atoms with Crippen molar-refractivity contribution in [1.82, 2.24) is 14.5 Å². The van der Waals surface area contributed by atoms with Gasteiger partial charge in [0, 0.05) is 32.2 Å². The molecule has 1 aliphatic carbocycles. The lowest BCUT2D eigenvalue weighted by molar-refractivity contribution is -0.123. The third-order valence-corrected chi connectivity index (χ3v) is 8.16. The third-order valence-electron chi connectivity index (χ3n) is 6.10. The Morgan fingerprint density at radius 3 is 2.43 bits per heavy atom. The minimum atomic E-state index is -3.49. The van der Waals surface area contributed by atoms with Crippen molar-refractivity contribution in [2.45, 2.75) is 57.4 Å². The Hall–Kier alpha value is -1.44. The smallest absolute Gasteiger partial charge is 0.243 e. The van der Waals surface area contributed by atoms with Crippen LogP contribution in [0.4, 0.5) is 0 Å². The average molecular weight is 408 g/mol. The Labute approximate surface area is 169 Å². The summed E-state index contributed by atoms with van der Waals surface area (Å²) in [6.07, 6.45) is 4.68. The number of nitrogens with one attached hydrogen (secondary N) is 1. The Balaban J connectivity index is 1.53. The summed E-state index contributed by atoms with van der Waals surface area (Å²) in [5.41, 5.74) is 1.84. The van der Waals surface area contributed by atoms with Gasteiger partial charge in [-0.2, -0.15) is 4.31 Å². The molecule has 2 aliphatic rings. The summed E-state index contributed by atoms with van der Waals surface area (Å²) >= 11 is 0. The number of hydrogen-bond donors (Lipinski definition) is 1. The van der Waals surface area contributed by atoms with Crippen molar-refractivity contribution in [2.24, 2.45) is 5.92 Å². The molecule has 6 nitrogen and oxygen atoms in total. The summed E-state index contributed by atoms with van der Waals surface area (Å²) in [6.45, 7) is 8.36. The number of carbonyl (C=O) groups is 1. The first-order valence-electron chi connectivity index (χ1n) is 10.4. The number of hydrogen-bond acceptors (Lipinski definition) is 4. The monoisotopic (exact) mass is 407 g/mol. The number of carbonyl (C=O) groups excluding carboxylic acids is 1. The second-order valence-electron chi connectivity index (χ2n) is 8.38. The molecule has 0 radical (unpaired) electrons. The third kappa shape index (κ3) is 4.93. The van der Waals surface area contributed by atoms with Crippen LogP contribution in [-0.2, 0) is 14.8 Å². The predicted molar refractivity (Wildman–Crippen MR) is 111 cm³/mol. The maximum Gasteiger partial charge on any atom is 0.243 e. The molecule has 1 amide bonds. The van der Waals surface area contributed by atoms with Crippen molar-refractivity contribution >= 4 is 15.9 Å². The molecule has 1 aromatic carbocycles. The van der Waals surface area contributed by atoms with Gasteiger partial charge in [0.2, 0.25) is 15.9 Å². The van der Waals surface area contributed by atoms with Crippen LogP contribution in [0.1, 0.15) is 43.7 Å². The summed E-state index contributed by atoms with van der Waals surface area (Å²) in [6, 6.07) is 5.73. The number of nitrogens with zero attached hydrogens (tertiary/aromatic N) is 2. The molecule has 1 saturated heterocycles. The summed E-state index contributed by atoms with van der Waals surface area (Å²) in [5.74, 6) is 0.599. The van der Waals surface area contributed by atoms with E-state index in [0.717, 1.165) is 17.5 Å². The molecule has 0 aromatic heterocycles. The van der Waals surface area contributed by atoms with Crippen molar-refractivity contribution < 1.29 is 13.2 Å². The molecule has 1 saturated carbocycles. The second kappa shape index (κ2) is 8.93. The number of rotatable bonds is 5. The molecule has 28 heavy (non-hydrogen) atoms. The highest BCUT2D eigenvalue weighted by Crippen LogP contribution is 2.24. The van der Waals surface area contributed by atoms with E-state index in [9.17, 15) is 13.2 Å². The van der Waals surface area contributed by atoms with Crippen molar-refractivity contribution in [1.29, 1.82) is 0 Å². The molecule has 7 heteroatoms. The molecule has 3 rings (SSSR count). The van der Waals surface area contributed by atoms with Gasteiger partial charge in [0.1, 0.15) is 0 Å². The Bertz CT molecular complexity index is 801. The van der Waals surface area contributed by atoms with Crippen LogP contribution in [0.5, 0.6) is 0 Å². The molecule has 0 bridgehead atoms. The van der Waals surface area contributed by atoms with E-state index in [2.05, 4.69) is 17.1 Å². The molecule has 1 aliphatic heterocycles. The van der Waals surface area contributed by atoms with Gasteiger partial charge in [-0.05, 0) is 44.2 Å². The van der Waals surface area contributed by atoms with Crippen molar-refractivity contribution in [3.05, 3.63) is 29.3 Å². The molecule has 2 atom stereocenters. The van der Waals surface area contributed by atoms with Gasteiger partial charge in [0.15, 0.2) is 0 Å². The minimum absolute atomic E-state index is 0.0597. The van der Waals surface area contributed by atoms with E-state index in [4.69, 9.17) is 0 Å². The summed E-state index contributed by atoms with van der Waals surface area (Å²) < 4.78 is 27.5. The van der Waals surface area contributed by atoms with E-state index in [-0.39, 0.29) is 11.9 Å². The highest BCUT2D eigenvalue weighted by atomic mass is 32.2. The summed E-state index contributed by atoms with van der Waals surface area (Å²) in [7, 11) is -3.49. The van der Waals surface area contributed by atoms with Gasteiger partial charge in [-0.15, -0.1) is 0 Å². The van der Waals surface area contributed by atoms with Gasteiger partial charge in [-0.1, -0.05) is 37.5 Å². The number of piperazine rings is 1. The van der Waals surface area contributed by atoms with Crippen molar-refractivity contribution in [2.75, 3.05) is 32.7 Å². The summed E-state index contributed by atoms with van der Waals surface area (Å²) in [4.78, 5) is 14.9. The van der Waals surface area contributed by atoms with E-state index in [0.29, 0.717) is 43.5 Å². The van der Waals surface area contributed by atoms with Crippen molar-refractivity contribution in [3.63, 3.8) is 0 Å². The maximum atomic E-state index is 13.0. The van der Waals surface area contributed by atoms with Crippen molar-refractivity contribution in [3.8, 4) is 0 Å². The quantitative estimate of drug-likeness (QED) is 0.813. The lowest BCUT2D eigenvalue weighted by atomic mass is 9.86. The number of aryl methyl sites for hydroxylation is 2. The molecule has 1 heterocycles. The van der Waals surface area contributed by atoms with Gasteiger partial charge in [-0.3, -0.25) is 9.69 Å². The first-order valence-corrected chi connectivity index (χ1v) is 11.8. The fourth-order valence-corrected chi connectivity index (χ4v) is 5.97. The van der Waals surface area contributed by atoms with Crippen LogP contribution in [0.3, 0.4) is 0 Å². The lowest BCUT2D eigenvalue weighted by Gasteiger charge is -2.35. The molecular formula is C21H33N3O3S. The van der Waals surface area contributed by atoms with Gasteiger partial charge in [0.25, 0.3) is 0 Å². The largest absolute Gasteiger partial charge is 0.352 e. The zero-order chi connectivity index (χ0) is 20.3. The van der Waals surface area contributed by atoms with Gasteiger partial charge in [0.05, 0.1) is 11.4 Å². The number of amides is 1. The first kappa shape index (κ1) is 21.3. The topological polar surface area (TPSA) is 69.7 Å². The molecule has 2 fully saturated rings. The van der Waals surface area contributed by atoms with E-state index in [1.807, 2.05) is 26.0 Å². The Morgan fingerprint density at radius 2 is 1.79 bits per heavy atom. The van der Waals surface area contributed by atoms with Crippen LogP contribution in [0.15, 0.2) is 23.1 Å². The normalized spacial score (nSPS) is 24.8. The highest BCUT2D eigenvalue weighted by Gasteiger charge is 2.30. The fourth-order valence-electron chi connectivity index (χ4n) is 4.34. The van der Waals surface area contributed by atoms with Gasteiger partial charge in [-0.25, -0.2) is 8.42 Å². The molecule has 1 N–H and O–H groups in total. The van der Waals surface area contributed by atoms with E-state index >= 15 is 0 Å². The molecule has 1 aromatic rings. The number of sulfonamides is 1. The molecule has 0 spiro atoms. The van der Waals surface area contributed by atoms with E-state index in [1.54, 1.807) is 10.4 Å². The SMILES string of the molecule is Cc1ccc(S(=O)(=O)N2CCN(CC(=O)N[C@H]3CCCC[C@@H]3C)CC2)c(C)c1. The van der Waals surface area contributed by atoms with Gasteiger partial charge >= 0.3 is 0 Å². The lowest BCUT2D eigenvalue weighted by Crippen LogP contribution is -2.52. The Kier molecular flexibility index (Phi) is 6.78. The van der Waals surface area contributed by atoms with E-state index < -0.39 is 10.0 Å². The molecule has 156 valence electrons.